The number of fused-ring (bicyclic) bond motifs is 2. The van der Waals surface area contributed by atoms with Gasteiger partial charge in [0.15, 0.2) is 17.5 Å². The van der Waals surface area contributed by atoms with Crippen LogP contribution in [0.3, 0.4) is 0 Å². The van der Waals surface area contributed by atoms with E-state index in [1.54, 1.807) is 4.68 Å². The quantitative estimate of drug-likeness (QED) is 0.384. The fourth-order valence-corrected chi connectivity index (χ4v) is 3.77. The summed E-state index contributed by atoms with van der Waals surface area (Å²) in [5.74, 6) is 3.33. The number of benzene rings is 1. The molecule has 30 heavy (non-hydrogen) atoms. The lowest BCUT2D eigenvalue weighted by molar-refractivity contribution is 0.174. The van der Waals surface area contributed by atoms with E-state index < -0.39 is 0 Å². The van der Waals surface area contributed by atoms with Crippen LogP contribution < -0.4 is 25.8 Å². The summed E-state index contributed by atoms with van der Waals surface area (Å²) < 4.78 is 14.2. The summed E-state index contributed by atoms with van der Waals surface area (Å²) in [4.78, 5) is 17.0. The normalized spacial score (nSPS) is 15.2. The molecule has 0 bridgehead atoms. The van der Waals surface area contributed by atoms with Crippen molar-refractivity contribution in [3.05, 3.63) is 40.1 Å². The van der Waals surface area contributed by atoms with Crippen molar-refractivity contribution in [2.45, 2.75) is 52.1 Å². The van der Waals surface area contributed by atoms with Gasteiger partial charge in [0, 0.05) is 39.1 Å². The second kappa shape index (κ2) is 9.69. The van der Waals surface area contributed by atoms with Gasteiger partial charge in [-0.05, 0) is 50.3 Å². The zero-order valence-corrected chi connectivity index (χ0v) is 17.5. The smallest absolute Gasteiger partial charge is 0.345 e. The van der Waals surface area contributed by atoms with E-state index in [0.29, 0.717) is 19.9 Å². The van der Waals surface area contributed by atoms with Gasteiger partial charge in [0.25, 0.3) is 0 Å². The zero-order valence-electron chi connectivity index (χ0n) is 17.5. The van der Waals surface area contributed by atoms with E-state index in [9.17, 15) is 4.79 Å². The first-order valence-electron chi connectivity index (χ1n) is 10.8. The maximum Gasteiger partial charge on any atom is 0.345 e. The van der Waals surface area contributed by atoms with Crippen LogP contribution in [0, 0.1) is 0 Å². The topological polar surface area (TPSA) is 94.7 Å². The summed E-state index contributed by atoms with van der Waals surface area (Å²) in [7, 11) is 0. The molecule has 2 aromatic rings. The predicted molar refractivity (Wildman–Crippen MR) is 114 cm³/mol. The van der Waals surface area contributed by atoms with E-state index in [1.807, 2.05) is 23.6 Å². The molecule has 0 fully saturated rings. The van der Waals surface area contributed by atoms with Crippen molar-refractivity contribution in [3.63, 3.8) is 0 Å². The molecule has 4 rings (SSSR count). The molecule has 162 valence electrons. The summed E-state index contributed by atoms with van der Waals surface area (Å²) in [6, 6.07) is 6.03. The average Bonchev–Trinajstić information content (AvgIpc) is 3.35. The Labute approximate surface area is 176 Å². The Balaban J connectivity index is 1.24. The minimum Gasteiger partial charge on any atom is -0.454 e. The van der Waals surface area contributed by atoms with Crippen molar-refractivity contribution >= 4 is 5.96 Å². The molecule has 0 spiro atoms. The number of guanidine groups is 1. The molecule has 0 unspecified atom stereocenters. The molecule has 0 saturated carbocycles. The van der Waals surface area contributed by atoms with Crippen molar-refractivity contribution < 1.29 is 9.47 Å². The second-order valence-corrected chi connectivity index (χ2v) is 7.51. The van der Waals surface area contributed by atoms with Crippen LogP contribution >= 0.6 is 0 Å². The molecule has 0 amide bonds. The van der Waals surface area contributed by atoms with Gasteiger partial charge in [-0.1, -0.05) is 6.07 Å². The number of nitrogens with zero attached hydrogens (tertiary/aromatic N) is 4. The van der Waals surface area contributed by atoms with Crippen LogP contribution in [0.25, 0.3) is 0 Å². The van der Waals surface area contributed by atoms with Gasteiger partial charge in [0.2, 0.25) is 6.79 Å². The lowest BCUT2D eigenvalue weighted by atomic mass is 10.1. The van der Waals surface area contributed by atoms with Gasteiger partial charge in [0.05, 0.1) is 0 Å². The highest BCUT2D eigenvalue weighted by Crippen LogP contribution is 2.32. The highest BCUT2D eigenvalue weighted by Gasteiger charge is 2.16. The monoisotopic (exact) mass is 414 g/mol. The van der Waals surface area contributed by atoms with E-state index in [0.717, 1.165) is 75.0 Å². The van der Waals surface area contributed by atoms with Crippen LogP contribution in [-0.2, 0) is 25.9 Å². The molecule has 2 aliphatic rings. The van der Waals surface area contributed by atoms with Crippen molar-refractivity contribution in [3.8, 4) is 11.5 Å². The van der Waals surface area contributed by atoms with Crippen molar-refractivity contribution in [1.82, 2.24) is 25.0 Å². The Kier molecular flexibility index (Phi) is 6.56. The number of aromatic nitrogens is 3. The maximum absolute atomic E-state index is 12.4. The minimum absolute atomic E-state index is 0.0161. The number of aliphatic imine (C=N–C) groups is 1. The summed E-state index contributed by atoms with van der Waals surface area (Å²) >= 11 is 0. The van der Waals surface area contributed by atoms with Crippen LogP contribution in [0.2, 0.25) is 0 Å². The van der Waals surface area contributed by atoms with Gasteiger partial charge in [0.1, 0.15) is 5.82 Å². The number of hydrogen-bond donors (Lipinski definition) is 2. The average molecular weight is 415 g/mol. The Morgan fingerprint density at radius 3 is 3.00 bits per heavy atom. The van der Waals surface area contributed by atoms with Crippen molar-refractivity contribution in [2.75, 3.05) is 26.4 Å². The third-order valence-electron chi connectivity index (χ3n) is 5.32. The fraction of sp³-hybridized carbons (Fsp3) is 0.571. The number of rotatable bonds is 8. The summed E-state index contributed by atoms with van der Waals surface area (Å²) in [5, 5.41) is 11.1. The van der Waals surface area contributed by atoms with E-state index in [-0.39, 0.29) is 5.69 Å². The molecule has 0 atom stereocenters. The Morgan fingerprint density at radius 2 is 2.13 bits per heavy atom. The van der Waals surface area contributed by atoms with Crippen LogP contribution in [0.15, 0.2) is 28.0 Å². The number of hydrogen-bond acceptors (Lipinski definition) is 5. The number of nitrogens with one attached hydrogen (secondary N) is 2. The highest BCUT2D eigenvalue weighted by molar-refractivity contribution is 5.79. The lowest BCUT2D eigenvalue weighted by Crippen LogP contribution is -2.38. The van der Waals surface area contributed by atoms with E-state index in [1.165, 1.54) is 5.56 Å². The number of ether oxygens (including phenoxy) is 2. The first-order valence-corrected chi connectivity index (χ1v) is 10.8. The van der Waals surface area contributed by atoms with Crippen LogP contribution in [0.5, 0.6) is 11.5 Å². The summed E-state index contributed by atoms with van der Waals surface area (Å²) in [6.07, 6.45) is 4.71. The van der Waals surface area contributed by atoms with Gasteiger partial charge in [-0.2, -0.15) is 5.10 Å². The molecule has 0 radical (unpaired) electrons. The lowest BCUT2D eigenvalue weighted by Gasteiger charge is -2.11. The van der Waals surface area contributed by atoms with Gasteiger partial charge in [-0.3, -0.25) is 9.56 Å². The maximum atomic E-state index is 12.4. The van der Waals surface area contributed by atoms with Crippen LogP contribution in [-0.4, -0.2) is 46.7 Å². The first kappa shape index (κ1) is 20.3. The van der Waals surface area contributed by atoms with Gasteiger partial charge in [-0.25, -0.2) is 9.48 Å². The largest absolute Gasteiger partial charge is 0.454 e. The molecule has 2 N–H and O–H groups in total. The molecule has 1 aromatic carbocycles. The molecule has 0 aliphatic carbocycles. The summed E-state index contributed by atoms with van der Waals surface area (Å²) in [5.41, 5.74) is 1.20. The minimum atomic E-state index is 0.0161. The molecular formula is C21H30N6O3. The Hall–Kier alpha value is -2.97. The first-order chi connectivity index (χ1) is 14.7. The van der Waals surface area contributed by atoms with Crippen LogP contribution in [0.4, 0.5) is 0 Å². The number of aryl methyl sites for hydroxylation is 2. The van der Waals surface area contributed by atoms with Crippen LogP contribution in [0.1, 0.15) is 37.6 Å². The third-order valence-corrected chi connectivity index (χ3v) is 5.32. The van der Waals surface area contributed by atoms with Gasteiger partial charge >= 0.3 is 5.69 Å². The van der Waals surface area contributed by atoms with Crippen molar-refractivity contribution in [2.24, 2.45) is 4.99 Å². The Morgan fingerprint density at radius 1 is 1.23 bits per heavy atom. The highest BCUT2D eigenvalue weighted by atomic mass is 16.7. The molecule has 1 aromatic heterocycles. The zero-order chi connectivity index (χ0) is 20.8. The van der Waals surface area contributed by atoms with Crippen molar-refractivity contribution in [1.29, 1.82) is 0 Å². The molecule has 9 heteroatoms. The SMILES string of the molecule is CCNC(=NCCCn1nc2n(c1=O)CCCC2)NCCc1ccc2c(c1)OCO2. The van der Waals surface area contributed by atoms with Gasteiger partial charge in [-0.15, -0.1) is 0 Å². The van der Waals surface area contributed by atoms with E-state index >= 15 is 0 Å². The Bertz CT molecular complexity index is 949. The standard InChI is InChI=1S/C21H30N6O3/c1-2-22-20(24-11-9-16-7-8-17-18(14-16)30-15-29-17)23-10-5-13-27-21(28)26-12-4-3-6-19(26)25-27/h7-8,14H,2-6,9-13,15H2,1H3,(H2,22,23,24). The van der Waals surface area contributed by atoms with E-state index in [4.69, 9.17) is 9.47 Å². The van der Waals surface area contributed by atoms with E-state index in [2.05, 4.69) is 26.8 Å². The third kappa shape index (κ3) is 4.77. The molecule has 2 aliphatic heterocycles. The molecule has 9 nitrogen and oxygen atoms in total. The summed E-state index contributed by atoms with van der Waals surface area (Å²) in [6.45, 7) is 5.92. The predicted octanol–water partition coefficient (Wildman–Crippen LogP) is 1.30. The molecule has 0 saturated heterocycles. The second-order valence-electron chi connectivity index (χ2n) is 7.51. The molecular weight excluding hydrogens is 384 g/mol. The van der Waals surface area contributed by atoms with Gasteiger partial charge < -0.3 is 20.1 Å². The molecule has 3 heterocycles. The fourth-order valence-electron chi connectivity index (χ4n) is 3.77.